The van der Waals surface area contributed by atoms with Crippen LogP contribution in [0.5, 0.6) is 0 Å². The molecule has 0 spiro atoms. The van der Waals surface area contributed by atoms with Crippen molar-refractivity contribution in [2.45, 2.75) is 57.8 Å². The molecule has 1 saturated heterocycles. The van der Waals surface area contributed by atoms with E-state index in [4.69, 9.17) is 14.6 Å². The van der Waals surface area contributed by atoms with Gasteiger partial charge in [-0.05, 0) is 13.3 Å². The zero-order valence-electron chi connectivity index (χ0n) is 9.64. The molecule has 0 bridgehead atoms. The largest absolute Gasteiger partial charge is 0.481 e. The first-order valence-corrected chi connectivity index (χ1v) is 5.59. The van der Waals surface area contributed by atoms with Crippen molar-refractivity contribution in [2.24, 2.45) is 0 Å². The molecule has 0 amide bonds. The Hall–Kier alpha value is -1.10. The average molecular weight is 230 g/mol. The van der Waals surface area contributed by atoms with Gasteiger partial charge in [-0.15, -0.1) is 0 Å². The van der Waals surface area contributed by atoms with Gasteiger partial charge >= 0.3 is 11.9 Å². The van der Waals surface area contributed by atoms with Gasteiger partial charge < -0.3 is 14.6 Å². The second-order valence-corrected chi connectivity index (χ2v) is 4.05. The minimum absolute atomic E-state index is 0.0521. The van der Waals surface area contributed by atoms with Crippen LogP contribution in [-0.4, -0.2) is 35.4 Å². The molecule has 0 radical (unpaired) electrons. The van der Waals surface area contributed by atoms with Crippen LogP contribution in [0.4, 0.5) is 0 Å². The number of carboxylic acids is 1. The monoisotopic (exact) mass is 230 g/mol. The highest BCUT2D eigenvalue weighted by atomic mass is 16.6. The van der Waals surface area contributed by atoms with Crippen LogP contribution in [0.1, 0.15) is 39.5 Å². The maximum Gasteiger partial charge on any atom is 0.306 e. The van der Waals surface area contributed by atoms with Gasteiger partial charge in [0, 0.05) is 6.42 Å². The number of carbonyl (C=O) groups is 2. The summed E-state index contributed by atoms with van der Waals surface area (Å²) in [5, 5.41) is 8.43. The van der Waals surface area contributed by atoms with Crippen LogP contribution < -0.4 is 0 Å². The summed E-state index contributed by atoms with van der Waals surface area (Å²) in [6.45, 7) is 3.91. The first kappa shape index (κ1) is 13.0. The molecule has 1 rings (SSSR count). The van der Waals surface area contributed by atoms with Crippen LogP contribution in [0.15, 0.2) is 0 Å². The van der Waals surface area contributed by atoms with E-state index < -0.39 is 11.9 Å². The summed E-state index contributed by atoms with van der Waals surface area (Å²) in [6, 6.07) is 0. The van der Waals surface area contributed by atoms with Crippen molar-refractivity contribution in [2.75, 3.05) is 0 Å². The second-order valence-electron chi connectivity index (χ2n) is 4.05. The lowest BCUT2D eigenvalue weighted by atomic mass is 10.1. The molecule has 1 aliphatic heterocycles. The lowest BCUT2D eigenvalue weighted by molar-refractivity contribution is -0.154. The summed E-state index contributed by atoms with van der Waals surface area (Å²) in [5.74, 6) is -1.44. The van der Waals surface area contributed by atoms with E-state index in [2.05, 4.69) is 0 Å². The Balaban J connectivity index is 2.35. The predicted octanol–water partition coefficient (Wildman–Crippen LogP) is 1.35. The molecule has 0 aromatic carbocycles. The molecular weight excluding hydrogens is 212 g/mol. The zero-order valence-corrected chi connectivity index (χ0v) is 9.64. The van der Waals surface area contributed by atoms with E-state index in [0.717, 1.165) is 6.42 Å². The summed E-state index contributed by atoms with van der Waals surface area (Å²) in [6.07, 6.45) is 1.06. The first-order chi connectivity index (χ1) is 7.52. The molecular formula is C11H18O5. The van der Waals surface area contributed by atoms with E-state index in [9.17, 15) is 9.59 Å². The number of esters is 1. The Labute approximate surface area is 94.7 Å². The Bertz CT molecular complexity index is 263. The fourth-order valence-corrected chi connectivity index (χ4v) is 1.84. The summed E-state index contributed by atoms with van der Waals surface area (Å²) in [5.41, 5.74) is 0. The fourth-order valence-electron chi connectivity index (χ4n) is 1.84. The van der Waals surface area contributed by atoms with Crippen molar-refractivity contribution in [1.82, 2.24) is 0 Å². The quantitative estimate of drug-likeness (QED) is 0.722. The SMILES string of the molecule is CC[C@H]1O[C@@H](C)C[C@H]1OC(=O)CCC(=O)O. The Morgan fingerprint density at radius 1 is 1.44 bits per heavy atom. The maximum atomic E-state index is 11.3. The van der Waals surface area contributed by atoms with Crippen LogP contribution in [0.25, 0.3) is 0 Å². The maximum absolute atomic E-state index is 11.3. The Kier molecular flexibility index (Phi) is 4.73. The van der Waals surface area contributed by atoms with E-state index in [0.29, 0.717) is 6.42 Å². The minimum Gasteiger partial charge on any atom is -0.481 e. The van der Waals surface area contributed by atoms with Gasteiger partial charge in [0.25, 0.3) is 0 Å². The van der Waals surface area contributed by atoms with Gasteiger partial charge in [0.1, 0.15) is 6.10 Å². The van der Waals surface area contributed by atoms with E-state index in [-0.39, 0.29) is 31.2 Å². The second kappa shape index (κ2) is 5.84. The smallest absolute Gasteiger partial charge is 0.306 e. The van der Waals surface area contributed by atoms with Crippen LogP contribution in [0, 0.1) is 0 Å². The molecule has 5 nitrogen and oxygen atoms in total. The van der Waals surface area contributed by atoms with Crippen LogP contribution in [0.3, 0.4) is 0 Å². The third-order valence-electron chi connectivity index (χ3n) is 2.61. The van der Waals surface area contributed by atoms with E-state index in [1.54, 1.807) is 0 Å². The van der Waals surface area contributed by atoms with Gasteiger partial charge in [0.15, 0.2) is 0 Å². The number of ether oxygens (including phenoxy) is 2. The van der Waals surface area contributed by atoms with Crippen molar-refractivity contribution in [3.8, 4) is 0 Å². The summed E-state index contributed by atoms with van der Waals surface area (Å²) < 4.78 is 10.8. The molecule has 1 N–H and O–H groups in total. The number of hydrogen-bond acceptors (Lipinski definition) is 4. The molecule has 1 aliphatic rings. The molecule has 3 atom stereocenters. The highest BCUT2D eigenvalue weighted by Gasteiger charge is 2.34. The molecule has 5 heteroatoms. The molecule has 0 unspecified atom stereocenters. The molecule has 0 aliphatic carbocycles. The lowest BCUT2D eigenvalue weighted by Crippen LogP contribution is -2.26. The number of hydrogen-bond donors (Lipinski definition) is 1. The summed E-state index contributed by atoms with van der Waals surface area (Å²) in [4.78, 5) is 21.6. The normalized spacial score (nSPS) is 29.0. The average Bonchev–Trinajstić information content (AvgIpc) is 2.55. The van der Waals surface area contributed by atoms with Crippen molar-refractivity contribution in [1.29, 1.82) is 0 Å². The highest BCUT2D eigenvalue weighted by molar-refractivity contribution is 5.76. The van der Waals surface area contributed by atoms with Gasteiger partial charge in [-0.25, -0.2) is 0 Å². The summed E-state index contributed by atoms with van der Waals surface area (Å²) in [7, 11) is 0. The molecule has 0 aromatic heterocycles. The fraction of sp³-hybridized carbons (Fsp3) is 0.818. The Morgan fingerprint density at radius 3 is 2.69 bits per heavy atom. The number of carboxylic acid groups (broad SMARTS) is 1. The first-order valence-electron chi connectivity index (χ1n) is 5.59. The highest BCUT2D eigenvalue weighted by Crippen LogP contribution is 2.25. The van der Waals surface area contributed by atoms with Gasteiger partial charge in [-0.1, -0.05) is 6.92 Å². The molecule has 0 saturated carbocycles. The van der Waals surface area contributed by atoms with Gasteiger partial charge in [-0.3, -0.25) is 9.59 Å². The van der Waals surface area contributed by atoms with Crippen molar-refractivity contribution >= 4 is 11.9 Å². The van der Waals surface area contributed by atoms with Crippen LogP contribution in [-0.2, 0) is 19.1 Å². The van der Waals surface area contributed by atoms with Gasteiger partial charge in [-0.2, -0.15) is 0 Å². The molecule has 1 fully saturated rings. The van der Waals surface area contributed by atoms with Crippen molar-refractivity contribution in [3.05, 3.63) is 0 Å². The van der Waals surface area contributed by atoms with Gasteiger partial charge in [0.2, 0.25) is 0 Å². The number of rotatable bonds is 5. The van der Waals surface area contributed by atoms with E-state index in [1.165, 1.54) is 0 Å². The molecule has 92 valence electrons. The third-order valence-corrected chi connectivity index (χ3v) is 2.61. The lowest BCUT2D eigenvalue weighted by Gasteiger charge is -2.17. The standard InChI is InChI=1S/C11H18O5/c1-3-8-9(6-7(2)15-8)16-11(14)5-4-10(12)13/h7-9H,3-6H2,1-2H3,(H,12,13)/t7-,8+,9+/m0/s1. The number of aliphatic carboxylic acids is 1. The van der Waals surface area contributed by atoms with E-state index in [1.807, 2.05) is 13.8 Å². The number of carbonyl (C=O) groups excluding carboxylic acids is 1. The van der Waals surface area contributed by atoms with Crippen LogP contribution >= 0.6 is 0 Å². The minimum atomic E-state index is -0.986. The zero-order chi connectivity index (χ0) is 12.1. The Morgan fingerprint density at radius 2 is 2.12 bits per heavy atom. The van der Waals surface area contributed by atoms with E-state index >= 15 is 0 Å². The topological polar surface area (TPSA) is 72.8 Å². The molecule has 16 heavy (non-hydrogen) atoms. The summed E-state index contributed by atoms with van der Waals surface area (Å²) >= 11 is 0. The molecule has 0 aromatic rings. The van der Waals surface area contributed by atoms with Crippen molar-refractivity contribution in [3.63, 3.8) is 0 Å². The van der Waals surface area contributed by atoms with Crippen molar-refractivity contribution < 1.29 is 24.2 Å². The molecule has 1 heterocycles. The predicted molar refractivity (Wildman–Crippen MR) is 56.0 cm³/mol. The third kappa shape index (κ3) is 3.81. The van der Waals surface area contributed by atoms with Gasteiger partial charge in [0.05, 0.1) is 25.0 Å². The van der Waals surface area contributed by atoms with Crippen LogP contribution in [0.2, 0.25) is 0 Å².